The van der Waals surface area contributed by atoms with Gasteiger partial charge in [-0.3, -0.25) is 4.79 Å². The minimum absolute atomic E-state index is 0.198. The Bertz CT molecular complexity index is 852. The van der Waals surface area contributed by atoms with Gasteiger partial charge in [-0.25, -0.2) is 0 Å². The largest absolute Gasteiger partial charge is 0.454 e. The molecule has 2 aromatic carbocycles. The minimum atomic E-state index is -0.597. The number of hydrogen-bond acceptors (Lipinski definition) is 5. The van der Waals surface area contributed by atoms with Crippen LogP contribution in [0, 0.1) is 0 Å². The quantitative estimate of drug-likeness (QED) is 0.790. The van der Waals surface area contributed by atoms with Crippen LogP contribution in [-0.2, 0) is 9.53 Å². The summed E-state index contributed by atoms with van der Waals surface area (Å²) in [6.07, 6.45) is -0.597. The number of fused-ring (bicyclic) bond motifs is 1. The van der Waals surface area contributed by atoms with E-state index in [2.05, 4.69) is 21.0 Å². The van der Waals surface area contributed by atoms with E-state index in [9.17, 15) is 4.79 Å². The first-order valence-corrected chi connectivity index (χ1v) is 8.12. The van der Waals surface area contributed by atoms with Gasteiger partial charge in [-0.1, -0.05) is 28.1 Å². The molecule has 0 fully saturated rings. The number of carbonyl (C=O) groups excluding carboxylic acids is 1. The van der Waals surface area contributed by atoms with E-state index in [-0.39, 0.29) is 12.7 Å². The van der Waals surface area contributed by atoms with Gasteiger partial charge in [0, 0.05) is 22.5 Å². The van der Waals surface area contributed by atoms with E-state index >= 15 is 0 Å². The van der Waals surface area contributed by atoms with Crippen molar-refractivity contribution in [3.63, 3.8) is 0 Å². The number of hydrogen-bond donors (Lipinski definition) is 0. The molecule has 7 heteroatoms. The highest BCUT2D eigenvalue weighted by molar-refractivity contribution is 9.10. The van der Waals surface area contributed by atoms with Crippen LogP contribution in [0.5, 0.6) is 11.5 Å². The van der Waals surface area contributed by atoms with E-state index in [0.717, 1.165) is 15.6 Å². The molecule has 6 nitrogen and oxygen atoms in total. The number of rotatable bonds is 2. The van der Waals surface area contributed by atoms with Gasteiger partial charge in [0.15, 0.2) is 11.5 Å². The van der Waals surface area contributed by atoms with Gasteiger partial charge in [-0.2, -0.15) is 5.01 Å². The third-order valence-corrected chi connectivity index (χ3v) is 4.21. The molecule has 1 atom stereocenters. The van der Waals surface area contributed by atoms with E-state index < -0.39 is 6.23 Å². The lowest BCUT2D eigenvalue weighted by molar-refractivity contribution is -0.135. The lowest BCUT2D eigenvalue weighted by Gasteiger charge is -2.19. The Balaban J connectivity index is 1.68. The minimum Gasteiger partial charge on any atom is -0.454 e. The fourth-order valence-electron chi connectivity index (χ4n) is 2.59. The second-order valence-corrected chi connectivity index (χ2v) is 6.28. The predicted octanol–water partition coefficient (Wildman–Crippen LogP) is 3.42. The molecule has 122 valence electrons. The van der Waals surface area contributed by atoms with E-state index in [0.29, 0.717) is 17.4 Å². The van der Waals surface area contributed by atoms with Crippen LogP contribution in [0.4, 0.5) is 0 Å². The van der Waals surface area contributed by atoms with E-state index in [1.807, 2.05) is 30.3 Å². The van der Waals surface area contributed by atoms with Crippen molar-refractivity contribution in [2.24, 2.45) is 5.10 Å². The molecule has 0 aromatic heterocycles. The van der Waals surface area contributed by atoms with Crippen molar-refractivity contribution in [2.45, 2.75) is 13.2 Å². The zero-order chi connectivity index (χ0) is 16.7. The first kappa shape index (κ1) is 15.0. The van der Waals surface area contributed by atoms with E-state index in [1.165, 1.54) is 11.9 Å². The molecule has 2 heterocycles. The van der Waals surface area contributed by atoms with Gasteiger partial charge < -0.3 is 14.2 Å². The standard InChI is InChI=1S/C17H13BrN2O4/c1-10(21)20-17(12-3-2-4-13(18)7-12)24-16(19-20)11-5-6-14-15(8-11)23-9-22-14/h2-8,17H,9H2,1H3. The zero-order valence-electron chi connectivity index (χ0n) is 12.7. The number of halogens is 1. The lowest BCUT2D eigenvalue weighted by atomic mass is 10.2. The molecule has 0 radical (unpaired) electrons. The number of hydrazone groups is 1. The Morgan fingerprint density at radius 2 is 2.04 bits per heavy atom. The molecule has 0 spiro atoms. The van der Waals surface area contributed by atoms with Crippen LogP contribution in [0.3, 0.4) is 0 Å². The van der Waals surface area contributed by atoms with Gasteiger partial charge in [0.05, 0.1) is 0 Å². The van der Waals surface area contributed by atoms with Gasteiger partial charge in [-0.05, 0) is 30.3 Å². The molecular formula is C17H13BrN2O4. The zero-order valence-corrected chi connectivity index (χ0v) is 14.3. The SMILES string of the molecule is CC(=O)N1N=C(c2ccc3c(c2)OCO3)OC1c1cccc(Br)c1. The third-order valence-electron chi connectivity index (χ3n) is 3.72. The summed E-state index contributed by atoms with van der Waals surface area (Å²) in [5.74, 6) is 1.49. The maximum Gasteiger partial charge on any atom is 0.243 e. The molecule has 0 bridgehead atoms. The number of benzene rings is 2. The summed E-state index contributed by atoms with van der Waals surface area (Å²) in [4.78, 5) is 12.0. The average molecular weight is 389 g/mol. The summed E-state index contributed by atoms with van der Waals surface area (Å²) in [5.41, 5.74) is 1.56. The van der Waals surface area contributed by atoms with Crippen molar-refractivity contribution in [3.05, 3.63) is 58.1 Å². The molecule has 0 saturated heterocycles. The molecule has 0 N–H and O–H groups in total. The third kappa shape index (κ3) is 2.60. The fraction of sp³-hybridized carbons (Fsp3) is 0.176. The number of amides is 1. The first-order valence-electron chi connectivity index (χ1n) is 7.32. The van der Waals surface area contributed by atoms with Gasteiger partial charge in [0.2, 0.25) is 24.8 Å². The van der Waals surface area contributed by atoms with Crippen LogP contribution in [0.2, 0.25) is 0 Å². The van der Waals surface area contributed by atoms with Gasteiger partial charge in [0.1, 0.15) is 0 Å². The molecule has 24 heavy (non-hydrogen) atoms. The van der Waals surface area contributed by atoms with Crippen LogP contribution in [0.1, 0.15) is 24.3 Å². The highest BCUT2D eigenvalue weighted by atomic mass is 79.9. The monoisotopic (exact) mass is 388 g/mol. The Hall–Kier alpha value is -2.54. The average Bonchev–Trinajstić information content (AvgIpc) is 3.21. The molecule has 2 aliphatic rings. The summed E-state index contributed by atoms with van der Waals surface area (Å²) >= 11 is 3.43. The lowest BCUT2D eigenvalue weighted by Crippen LogP contribution is -2.25. The second-order valence-electron chi connectivity index (χ2n) is 5.36. The molecule has 1 amide bonds. The maximum absolute atomic E-state index is 12.0. The molecule has 2 aromatic rings. The Morgan fingerprint density at radius 1 is 1.21 bits per heavy atom. The highest BCUT2D eigenvalue weighted by Crippen LogP contribution is 2.36. The van der Waals surface area contributed by atoms with Crippen LogP contribution in [-0.4, -0.2) is 23.6 Å². The molecule has 4 rings (SSSR count). The van der Waals surface area contributed by atoms with Crippen LogP contribution < -0.4 is 9.47 Å². The Kier molecular flexibility index (Phi) is 3.65. The predicted molar refractivity (Wildman–Crippen MR) is 89.6 cm³/mol. The summed E-state index contributed by atoms with van der Waals surface area (Å²) < 4.78 is 17.6. The van der Waals surface area contributed by atoms with Crippen LogP contribution >= 0.6 is 15.9 Å². The molecular weight excluding hydrogens is 376 g/mol. The topological polar surface area (TPSA) is 60.4 Å². The second kappa shape index (κ2) is 5.83. The van der Waals surface area contributed by atoms with Gasteiger partial charge >= 0.3 is 0 Å². The van der Waals surface area contributed by atoms with Crippen molar-refractivity contribution < 1.29 is 19.0 Å². The summed E-state index contributed by atoms with van der Waals surface area (Å²) in [6, 6.07) is 13.0. The molecule has 2 aliphatic heterocycles. The highest BCUT2D eigenvalue weighted by Gasteiger charge is 2.33. The van der Waals surface area contributed by atoms with Crippen molar-refractivity contribution in [1.29, 1.82) is 0 Å². The van der Waals surface area contributed by atoms with Crippen molar-refractivity contribution >= 4 is 27.7 Å². The van der Waals surface area contributed by atoms with Crippen LogP contribution in [0.15, 0.2) is 52.0 Å². The van der Waals surface area contributed by atoms with E-state index in [4.69, 9.17) is 14.2 Å². The van der Waals surface area contributed by atoms with Crippen LogP contribution in [0.25, 0.3) is 0 Å². The Labute approximate surface area is 146 Å². The smallest absolute Gasteiger partial charge is 0.243 e. The summed E-state index contributed by atoms with van der Waals surface area (Å²) in [6.45, 7) is 1.66. The number of carbonyl (C=O) groups is 1. The van der Waals surface area contributed by atoms with E-state index in [1.54, 1.807) is 12.1 Å². The first-order chi connectivity index (χ1) is 11.6. The van der Waals surface area contributed by atoms with Crippen molar-refractivity contribution in [3.8, 4) is 11.5 Å². The van der Waals surface area contributed by atoms with Crippen molar-refractivity contribution in [1.82, 2.24) is 5.01 Å². The molecule has 0 aliphatic carbocycles. The molecule has 0 saturated carbocycles. The van der Waals surface area contributed by atoms with Gasteiger partial charge in [0.25, 0.3) is 0 Å². The Morgan fingerprint density at radius 3 is 2.83 bits per heavy atom. The summed E-state index contributed by atoms with van der Waals surface area (Å²) in [7, 11) is 0. The summed E-state index contributed by atoms with van der Waals surface area (Å²) in [5, 5.41) is 5.67. The number of nitrogens with zero attached hydrogens (tertiary/aromatic N) is 2. The maximum atomic E-state index is 12.0. The van der Waals surface area contributed by atoms with Crippen molar-refractivity contribution in [2.75, 3.05) is 6.79 Å². The normalized spacial score (nSPS) is 18.3. The van der Waals surface area contributed by atoms with Gasteiger partial charge in [-0.15, -0.1) is 5.10 Å². The molecule has 1 unspecified atom stereocenters. The fourth-order valence-corrected chi connectivity index (χ4v) is 3.01. The number of ether oxygens (including phenoxy) is 3.